The van der Waals surface area contributed by atoms with E-state index >= 15 is 0 Å². The molecule has 0 aromatic carbocycles. The summed E-state index contributed by atoms with van der Waals surface area (Å²) in [6.45, 7) is 5.01. The molecule has 0 aromatic rings. The molecule has 0 amide bonds. The molecule has 2 aliphatic rings. The van der Waals surface area contributed by atoms with Crippen molar-refractivity contribution in [2.75, 3.05) is 40.3 Å². The summed E-state index contributed by atoms with van der Waals surface area (Å²) in [5, 5.41) is 3.71. The van der Waals surface area contributed by atoms with Gasteiger partial charge < -0.3 is 15.1 Å². The number of likely N-dealkylation sites (tertiary alicyclic amines) is 1. The first kappa shape index (κ1) is 13.3. The summed E-state index contributed by atoms with van der Waals surface area (Å²) in [7, 11) is 4.42. The molecule has 1 aliphatic heterocycles. The highest BCUT2D eigenvalue weighted by Gasteiger charge is 2.20. The largest absolute Gasteiger partial charge is 0.313 e. The number of hydrogen-bond donors (Lipinski definition) is 1. The zero-order chi connectivity index (χ0) is 12.1. The Morgan fingerprint density at radius 2 is 1.71 bits per heavy atom. The van der Waals surface area contributed by atoms with Gasteiger partial charge in [-0.15, -0.1) is 0 Å². The minimum Gasteiger partial charge on any atom is -0.313 e. The maximum Gasteiger partial charge on any atom is 0.0113 e. The van der Waals surface area contributed by atoms with Gasteiger partial charge in [-0.05, 0) is 52.9 Å². The van der Waals surface area contributed by atoms with Gasteiger partial charge in [0.25, 0.3) is 0 Å². The Hall–Kier alpha value is -0.120. The molecule has 0 spiro atoms. The molecule has 1 saturated carbocycles. The first-order chi connectivity index (χ1) is 8.25. The molecular weight excluding hydrogens is 210 g/mol. The second kappa shape index (κ2) is 6.72. The molecule has 0 radical (unpaired) electrons. The summed E-state index contributed by atoms with van der Waals surface area (Å²) in [5.41, 5.74) is 0. The van der Waals surface area contributed by atoms with Crippen molar-refractivity contribution in [2.24, 2.45) is 0 Å². The lowest BCUT2D eigenvalue weighted by Gasteiger charge is -2.35. The van der Waals surface area contributed by atoms with Gasteiger partial charge in [-0.25, -0.2) is 0 Å². The van der Waals surface area contributed by atoms with Crippen molar-refractivity contribution in [3.8, 4) is 0 Å². The van der Waals surface area contributed by atoms with Crippen molar-refractivity contribution in [3.63, 3.8) is 0 Å². The second-order valence-electron chi connectivity index (χ2n) is 5.97. The molecule has 2 fully saturated rings. The molecule has 1 N–H and O–H groups in total. The summed E-state index contributed by atoms with van der Waals surface area (Å²) in [4.78, 5) is 5.01. The van der Waals surface area contributed by atoms with E-state index in [1.807, 2.05) is 0 Å². The molecular formula is C14H29N3. The zero-order valence-electron chi connectivity index (χ0n) is 11.6. The van der Waals surface area contributed by atoms with Gasteiger partial charge >= 0.3 is 0 Å². The average molecular weight is 239 g/mol. The van der Waals surface area contributed by atoms with Crippen molar-refractivity contribution in [3.05, 3.63) is 0 Å². The van der Waals surface area contributed by atoms with Crippen LogP contribution in [0, 0.1) is 0 Å². The Kier molecular flexibility index (Phi) is 5.26. The lowest BCUT2D eigenvalue weighted by molar-refractivity contribution is 0.145. The molecule has 0 unspecified atom stereocenters. The second-order valence-corrected chi connectivity index (χ2v) is 5.97. The summed E-state index contributed by atoms with van der Waals surface area (Å²) >= 11 is 0. The predicted molar refractivity (Wildman–Crippen MR) is 73.4 cm³/mol. The highest BCUT2D eigenvalue weighted by atomic mass is 15.2. The highest BCUT2D eigenvalue weighted by Crippen LogP contribution is 2.17. The van der Waals surface area contributed by atoms with Crippen LogP contribution in [0.3, 0.4) is 0 Å². The fourth-order valence-corrected chi connectivity index (χ4v) is 3.22. The third kappa shape index (κ3) is 4.23. The maximum atomic E-state index is 3.71. The van der Waals surface area contributed by atoms with Crippen LogP contribution in [0.4, 0.5) is 0 Å². The quantitative estimate of drug-likeness (QED) is 0.785. The lowest BCUT2D eigenvalue weighted by Crippen LogP contribution is -2.44. The molecule has 0 atom stereocenters. The van der Waals surface area contributed by atoms with Crippen LogP contribution in [-0.4, -0.2) is 62.2 Å². The van der Waals surface area contributed by atoms with Gasteiger partial charge in [-0.1, -0.05) is 12.8 Å². The van der Waals surface area contributed by atoms with Crippen LogP contribution >= 0.6 is 0 Å². The first-order valence-corrected chi connectivity index (χ1v) is 7.38. The van der Waals surface area contributed by atoms with Crippen molar-refractivity contribution in [1.82, 2.24) is 15.1 Å². The molecule has 100 valence electrons. The minimum atomic E-state index is 0.814. The van der Waals surface area contributed by atoms with Crippen LogP contribution in [0.1, 0.15) is 38.5 Å². The summed E-state index contributed by atoms with van der Waals surface area (Å²) < 4.78 is 0. The van der Waals surface area contributed by atoms with Crippen molar-refractivity contribution in [2.45, 2.75) is 50.6 Å². The van der Waals surface area contributed by atoms with Gasteiger partial charge in [0.1, 0.15) is 0 Å². The van der Waals surface area contributed by atoms with Crippen molar-refractivity contribution >= 4 is 0 Å². The van der Waals surface area contributed by atoms with E-state index in [-0.39, 0.29) is 0 Å². The first-order valence-electron chi connectivity index (χ1n) is 7.38. The van der Waals surface area contributed by atoms with Gasteiger partial charge in [0.05, 0.1) is 0 Å². The fraction of sp³-hybridized carbons (Fsp3) is 1.00. The van der Waals surface area contributed by atoms with Gasteiger partial charge in [-0.3, -0.25) is 0 Å². The Bertz CT molecular complexity index is 204. The molecule has 1 heterocycles. The molecule has 2 rings (SSSR count). The third-order valence-corrected chi connectivity index (χ3v) is 4.50. The smallest absolute Gasteiger partial charge is 0.0113 e. The topological polar surface area (TPSA) is 18.5 Å². The molecule has 0 aromatic heterocycles. The number of hydrogen-bond acceptors (Lipinski definition) is 3. The number of rotatable bonds is 5. The van der Waals surface area contributed by atoms with Crippen LogP contribution in [0.15, 0.2) is 0 Å². The van der Waals surface area contributed by atoms with Crippen LogP contribution in [0.5, 0.6) is 0 Å². The molecule has 3 heteroatoms. The van der Waals surface area contributed by atoms with E-state index in [9.17, 15) is 0 Å². The van der Waals surface area contributed by atoms with Crippen LogP contribution in [0.2, 0.25) is 0 Å². The fourth-order valence-electron chi connectivity index (χ4n) is 3.22. The summed E-state index contributed by atoms with van der Waals surface area (Å²) in [6, 6.07) is 1.64. The normalized spacial score (nSPS) is 24.9. The lowest BCUT2D eigenvalue weighted by atomic mass is 10.0. The Labute approximate surface area is 107 Å². The summed E-state index contributed by atoms with van der Waals surface area (Å²) in [6.07, 6.45) is 8.37. The van der Waals surface area contributed by atoms with Gasteiger partial charge in [0.2, 0.25) is 0 Å². The molecule has 3 nitrogen and oxygen atoms in total. The Morgan fingerprint density at radius 1 is 1.06 bits per heavy atom. The van der Waals surface area contributed by atoms with E-state index in [0.29, 0.717) is 0 Å². The predicted octanol–water partition coefficient (Wildman–Crippen LogP) is 1.54. The molecule has 0 bridgehead atoms. The zero-order valence-corrected chi connectivity index (χ0v) is 11.6. The highest BCUT2D eigenvalue weighted by molar-refractivity contribution is 4.78. The molecule has 1 aliphatic carbocycles. The van der Waals surface area contributed by atoms with Crippen LogP contribution in [-0.2, 0) is 0 Å². The average Bonchev–Trinajstić information content (AvgIpc) is 2.83. The van der Waals surface area contributed by atoms with Crippen molar-refractivity contribution in [1.29, 1.82) is 0 Å². The van der Waals surface area contributed by atoms with Gasteiger partial charge in [-0.2, -0.15) is 0 Å². The maximum absolute atomic E-state index is 3.71. The molecule has 1 saturated heterocycles. The monoisotopic (exact) mass is 239 g/mol. The van der Waals surface area contributed by atoms with E-state index in [2.05, 4.69) is 29.2 Å². The van der Waals surface area contributed by atoms with E-state index in [4.69, 9.17) is 0 Å². The Balaban J connectivity index is 1.55. The van der Waals surface area contributed by atoms with Crippen molar-refractivity contribution < 1.29 is 0 Å². The minimum absolute atomic E-state index is 0.814. The van der Waals surface area contributed by atoms with E-state index < -0.39 is 0 Å². The summed E-state index contributed by atoms with van der Waals surface area (Å²) in [5.74, 6) is 0. The van der Waals surface area contributed by atoms with E-state index in [0.717, 1.165) is 12.1 Å². The standard InChI is InChI=1S/C14H29N3/c1-16(2)14-7-10-17(11-8-14)12-9-15-13-5-3-4-6-13/h13-15H,3-12H2,1-2H3. The van der Waals surface area contributed by atoms with Gasteiger partial charge in [0, 0.05) is 25.2 Å². The SMILES string of the molecule is CN(C)C1CCN(CCNC2CCCC2)CC1. The number of nitrogens with zero attached hydrogens (tertiary/aromatic N) is 2. The third-order valence-electron chi connectivity index (χ3n) is 4.50. The number of nitrogens with one attached hydrogen (secondary N) is 1. The van der Waals surface area contributed by atoms with Gasteiger partial charge in [0.15, 0.2) is 0 Å². The molecule has 17 heavy (non-hydrogen) atoms. The number of piperidine rings is 1. The van der Waals surface area contributed by atoms with Crippen LogP contribution < -0.4 is 5.32 Å². The Morgan fingerprint density at radius 3 is 2.29 bits per heavy atom. The van der Waals surface area contributed by atoms with Crippen LogP contribution in [0.25, 0.3) is 0 Å². The van der Waals surface area contributed by atoms with E-state index in [1.54, 1.807) is 0 Å². The van der Waals surface area contributed by atoms with E-state index in [1.165, 1.54) is 64.7 Å².